The molecule has 4 heteroatoms. The first-order valence-corrected chi connectivity index (χ1v) is 6.02. The summed E-state index contributed by atoms with van der Waals surface area (Å²) in [5, 5.41) is 0. The predicted molar refractivity (Wildman–Crippen MR) is 69.6 cm³/mol. The Morgan fingerprint density at radius 3 is 2.22 bits per heavy atom. The van der Waals surface area contributed by atoms with Crippen LogP contribution in [0.2, 0.25) is 0 Å². The lowest BCUT2D eigenvalue weighted by atomic mass is 10.2. The van der Waals surface area contributed by atoms with Crippen molar-refractivity contribution in [3.63, 3.8) is 0 Å². The third kappa shape index (κ3) is 4.28. The van der Waals surface area contributed by atoms with Crippen LogP contribution < -0.4 is 14.2 Å². The van der Waals surface area contributed by atoms with Crippen LogP contribution in [0, 0.1) is 0 Å². The van der Waals surface area contributed by atoms with Crippen molar-refractivity contribution >= 4 is 5.78 Å². The summed E-state index contributed by atoms with van der Waals surface area (Å²) in [5.41, 5.74) is 0. The fraction of sp³-hybridized carbons (Fsp3) is 0.500. The molecule has 0 unspecified atom stereocenters. The molecule has 0 spiro atoms. The largest absolute Gasteiger partial charge is 0.493 e. The lowest BCUT2D eigenvalue weighted by molar-refractivity contribution is -0.117. The number of hydrogen-bond donors (Lipinski definition) is 0. The molecular formula is C14H20O4. The zero-order valence-corrected chi connectivity index (χ0v) is 11.2. The highest BCUT2D eigenvalue weighted by Crippen LogP contribution is 2.36. The number of ether oxygens (including phenoxy) is 3. The molecular weight excluding hydrogens is 232 g/mol. The summed E-state index contributed by atoms with van der Waals surface area (Å²) in [6.45, 7) is 2.15. The number of carbonyl (C=O) groups is 1. The molecule has 1 rings (SSSR count). The van der Waals surface area contributed by atoms with E-state index in [9.17, 15) is 4.79 Å². The third-order valence-electron chi connectivity index (χ3n) is 2.55. The molecule has 1 aromatic carbocycles. The minimum Gasteiger partial charge on any atom is -0.493 e. The highest BCUT2D eigenvalue weighted by atomic mass is 16.5. The van der Waals surface area contributed by atoms with Crippen molar-refractivity contribution in [3.8, 4) is 17.2 Å². The minimum absolute atomic E-state index is 0.213. The minimum atomic E-state index is 0.213. The second-order valence-electron chi connectivity index (χ2n) is 4.00. The molecule has 0 saturated heterocycles. The number of methoxy groups -OCH3 is 2. The maximum Gasteiger partial charge on any atom is 0.203 e. The van der Waals surface area contributed by atoms with Crippen molar-refractivity contribution in [2.24, 2.45) is 0 Å². The molecule has 1 aromatic rings. The van der Waals surface area contributed by atoms with Gasteiger partial charge in [0, 0.05) is 6.42 Å². The van der Waals surface area contributed by atoms with Crippen LogP contribution in [0.1, 0.15) is 26.2 Å². The van der Waals surface area contributed by atoms with E-state index < -0.39 is 0 Å². The normalized spacial score (nSPS) is 9.94. The molecule has 0 aliphatic rings. The highest BCUT2D eigenvalue weighted by Gasteiger charge is 2.10. The van der Waals surface area contributed by atoms with E-state index in [0.717, 1.165) is 12.8 Å². The number of para-hydroxylation sites is 1. The monoisotopic (exact) mass is 252 g/mol. The highest BCUT2D eigenvalue weighted by molar-refractivity contribution is 5.75. The second-order valence-corrected chi connectivity index (χ2v) is 4.00. The summed E-state index contributed by atoms with van der Waals surface area (Å²) in [6, 6.07) is 5.50. The number of unbranched alkanes of at least 4 members (excludes halogenated alkanes) is 1. The standard InChI is InChI=1S/C14H20O4/c1-11(15)7-4-5-10-18-14-12(16-2)8-6-9-13(14)17-3/h6,8-9H,4-5,7,10H2,1-3H3. The Morgan fingerprint density at radius 2 is 1.72 bits per heavy atom. The van der Waals surface area contributed by atoms with Gasteiger partial charge in [-0.1, -0.05) is 6.07 Å². The number of benzene rings is 1. The summed E-state index contributed by atoms with van der Waals surface area (Å²) in [5.74, 6) is 2.14. The summed E-state index contributed by atoms with van der Waals surface area (Å²) < 4.78 is 16.1. The van der Waals surface area contributed by atoms with Crippen LogP contribution in [0.5, 0.6) is 17.2 Å². The van der Waals surface area contributed by atoms with E-state index in [2.05, 4.69) is 0 Å². The molecule has 0 saturated carbocycles. The van der Waals surface area contributed by atoms with Crippen LogP contribution in [0.4, 0.5) is 0 Å². The van der Waals surface area contributed by atoms with Gasteiger partial charge in [-0.2, -0.15) is 0 Å². The molecule has 4 nitrogen and oxygen atoms in total. The van der Waals surface area contributed by atoms with Crippen molar-refractivity contribution in [3.05, 3.63) is 18.2 Å². The van der Waals surface area contributed by atoms with Crippen molar-refractivity contribution in [2.75, 3.05) is 20.8 Å². The maximum absolute atomic E-state index is 10.8. The predicted octanol–water partition coefficient (Wildman–Crippen LogP) is 2.84. The molecule has 18 heavy (non-hydrogen) atoms. The zero-order chi connectivity index (χ0) is 13.4. The molecule has 0 amide bonds. The Bertz CT molecular complexity index is 365. The Balaban J connectivity index is 2.52. The van der Waals surface area contributed by atoms with E-state index in [-0.39, 0.29) is 5.78 Å². The fourth-order valence-electron chi connectivity index (χ4n) is 1.61. The van der Waals surface area contributed by atoms with Crippen LogP contribution >= 0.6 is 0 Å². The Kier molecular flexibility index (Phi) is 6.05. The first-order chi connectivity index (χ1) is 8.69. The molecule has 100 valence electrons. The lowest BCUT2D eigenvalue weighted by Gasteiger charge is -2.13. The van der Waals surface area contributed by atoms with Crippen molar-refractivity contribution in [1.82, 2.24) is 0 Å². The Hall–Kier alpha value is -1.71. The van der Waals surface area contributed by atoms with Crippen LogP contribution in [-0.2, 0) is 4.79 Å². The average molecular weight is 252 g/mol. The van der Waals surface area contributed by atoms with E-state index in [1.165, 1.54) is 0 Å². The SMILES string of the molecule is COc1cccc(OC)c1OCCCCC(C)=O. The number of carbonyl (C=O) groups excluding carboxylic acids is 1. The average Bonchev–Trinajstić information content (AvgIpc) is 2.37. The van der Waals surface area contributed by atoms with E-state index in [1.807, 2.05) is 18.2 Å². The number of ketones is 1. The summed E-state index contributed by atoms with van der Waals surface area (Å²) in [4.78, 5) is 10.8. The van der Waals surface area contributed by atoms with Crippen LogP contribution in [0.15, 0.2) is 18.2 Å². The summed E-state index contributed by atoms with van der Waals surface area (Å²) >= 11 is 0. The molecule has 0 atom stereocenters. The number of Topliss-reactive ketones (excluding diaryl/α,β-unsaturated/α-hetero) is 1. The summed E-state index contributed by atoms with van der Waals surface area (Å²) in [7, 11) is 3.19. The van der Waals surface area contributed by atoms with Gasteiger partial charge < -0.3 is 19.0 Å². The van der Waals surface area contributed by atoms with Gasteiger partial charge in [-0.25, -0.2) is 0 Å². The van der Waals surface area contributed by atoms with E-state index in [4.69, 9.17) is 14.2 Å². The first kappa shape index (κ1) is 14.4. The molecule has 0 bridgehead atoms. The van der Waals surface area contributed by atoms with E-state index >= 15 is 0 Å². The molecule has 0 aliphatic heterocycles. The van der Waals surface area contributed by atoms with Crippen molar-refractivity contribution in [1.29, 1.82) is 0 Å². The quantitative estimate of drug-likeness (QED) is 0.667. The molecule has 0 aromatic heterocycles. The van der Waals surface area contributed by atoms with Gasteiger partial charge in [0.05, 0.1) is 20.8 Å². The Labute approximate surface area is 108 Å². The molecule has 0 heterocycles. The van der Waals surface area contributed by atoms with Gasteiger partial charge in [0.2, 0.25) is 5.75 Å². The van der Waals surface area contributed by atoms with Gasteiger partial charge in [-0.15, -0.1) is 0 Å². The smallest absolute Gasteiger partial charge is 0.203 e. The summed E-state index contributed by atoms with van der Waals surface area (Å²) in [6.07, 6.45) is 2.28. The molecule has 0 radical (unpaired) electrons. The van der Waals surface area contributed by atoms with Crippen molar-refractivity contribution < 1.29 is 19.0 Å². The lowest BCUT2D eigenvalue weighted by Crippen LogP contribution is -2.02. The first-order valence-electron chi connectivity index (χ1n) is 6.02. The zero-order valence-electron chi connectivity index (χ0n) is 11.2. The molecule has 0 fully saturated rings. The number of hydrogen-bond acceptors (Lipinski definition) is 4. The van der Waals surface area contributed by atoms with Gasteiger partial charge in [-0.05, 0) is 31.9 Å². The number of rotatable bonds is 8. The van der Waals surface area contributed by atoms with E-state index in [1.54, 1.807) is 21.1 Å². The maximum atomic E-state index is 10.8. The van der Waals surface area contributed by atoms with Gasteiger partial charge in [0.25, 0.3) is 0 Å². The van der Waals surface area contributed by atoms with Gasteiger partial charge in [-0.3, -0.25) is 0 Å². The second kappa shape index (κ2) is 7.58. The van der Waals surface area contributed by atoms with Crippen LogP contribution in [-0.4, -0.2) is 26.6 Å². The molecule has 0 N–H and O–H groups in total. The van der Waals surface area contributed by atoms with Gasteiger partial charge in [0.15, 0.2) is 11.5 Å². The molecule has 0 aliphatic carbocycles. The van der Waals surface area contributed by atoms with Crippen LogP contribution in [0.3, 0.4) is 0 Å². The van der Waals surface area contributed by atoms with Gasteiger partial charge >= 0.3 is 0 Å². The van der Waals surface area contributed by atoms with Gasteiger partial charge in [0.1, 0.15) is 5.78 Å². The van der Waals surface area contributed by atoms with Crippen LogP contribution in [0.25, 0.3) is 0 Å². The van der Waals surface area contributed by atoms with Crippen molar-refractivity contribution in [2.45, 2.75) is 26.2 Å². The third-order valence-corrected chi connectivity index (χ3v) is 2.55. The topological polar surface area (TPSA) is 44.8 Å². The Morgan fingerprint density at radius 1 is 1.11 bits per heavy atom. The van der Waals surface area contributed by atoms with E-state index in [0.29, 0.717) is 30.3 Å². The fourth-order valence-corrected chi connectivity index (χ4v) is 1.61.